The molecule has 0 amide bonds. The average Bonchev–Trinajstić information content (AvgIpc) is 3.18. The van der Waals surface area contributed by atoms with Crippen LogP contribution in [0, 0.1) is 28.6 Å². The molecule has 5 rings (SSSR count). The van der Waals surface area contributed by atoms with Gasteiger partial charge in [0.15, 0.2) is 5.95 Å². The molecule has 140 valence electrons. The highest BCUT2D eigenvalue weighted by atomic mass is 16.3. The molecule has 6 atom stereocenters. The van der Waals surface area contributed by atoms with Gasteiger partial charge in [0.1, 0.15) is 0 Å². The number of aliphatic hydroxyl groups excluding tert-OH is 1. The SMILES string of the molecule is C[C@]12CC[C@H](O)CC1=CC[C@@H]1[C@@H]2CC[C@]2(C)C(c3c[nH]c(N)n3)=CC[C@@H]12. The van der Waals surface area contributed by atoms with Gasteiger partial charge in [-0.3, -0.25) is 0 Å². The second kappa shape index (κ2) is 5.48. The zero-order valence-corrected chi connectivity index (χ0v) is 16.0. The smallest absolute Gasteiger partial charge is 0.198 e. The third-order valence-electron chi connectivity index (χ3n) is 8.53. The summed E-state index contributed by atoms with van der Waals surface area (Å²) in [4.78, 5) is 7.59. The molecule has 0 aliphatic heterocycles. The van der Waals surface area contributed by atoms with E-state index in [1.807, 2.05) is 6.20 Å². The van der Waals surface area contributed by atoms with E-state index in [0.29, 0.717) is 17.3 Å². The Morgan fingerprint density at radius 2 is 1.92 bits per heavy atom. The van der Waals surface area contributed by atoms with Gasteiger partial charge in [-0.05, 0) is 79.1 Å². The zero-order chi connectivity index (χ0) is 18.1. The van der Waals surface area contributed by atoms with Crippen LogP contribution in [0.5, 0.6) is 0 Å². The maximum atomic E-state index is 10.1. The summed E-state index contributed by atoms with van der Waals surface area (Å²) < 4.78 is 0. The van der Waals surface area contributed by atoms with Crippen molar-refractivity contribution in [2.24, 2.45) is 28.6 Å². The van der Waals surface area contributed by atoms with E-state index >= 15 is 0 Å². The molecule has 4 aliphatic carbocycles. The van der Waals surface area contributed by atoms with Crippen LogP contribution >= 0.6 is 0 Å². The predicted octanol–water partition coefficient (Wildman–Crippen LogP) is 4.31. The monoisotopic (exact) mass is 353 g/mol. The molecule has 4 aliphatic rings. The normalized spacial score (nSPS) is 44.6. The number of fused-ring (bicyclic) bond motifs is 5. The minimum atomic E-state index is -0.121. The Labute approximate surface area is 156 Å². The van der Waals surface area contributed by atoms with Gasteiger partial charge >= 0.3 is 0 Å². The van der Waals surface area contributed by atoms with Crippen molar-refractivity contribution in [2.75, 3.05) is 5.73 Å². The standard InChI is InChI=1S/C22H31N3O/c1-21-9-7-14(26)11-13(21)3-4-15-16-5-6-18(19-12-24-20(23)25-19)22(16,2)10-8-17(15)21/h3,6,12,14-17,26H,4-5,7-11H2,1-2H3,(H3,23,24,25)/t14-,15-,16-,17-,21-,22-/m0/s1. The molecule has 1 aromatic rings. The molecule has 2 saturated carbocycles. The van der Waals surface area contributed by atoms with Crippen LogP contribution < -0.4 is 5.73 Å². The van der Waals surface area contributed by atoms with Gasteiger partial charge in [-0.2, -0.15) is 0 Å². The molecule has 4 N–H and O–H groups in total. The van der Waals surface area contributed by atoms with E-state index in [1.165, 1.54) is 31.3 Å². The number of aliphatic hydroxyl groups is 1. The van der Waals surface area contributed by atoms with E-state index in [4.69, 9.17) is 5.73 Å². The number of nitrogen functional groups attached to an aromatic ring is 1. The van der Waals surface area contributed by atoms with Crippen LogP contribution in [0.3, 0.4) is 0 Å². The molecule has 0 spiro atoms. The Morgan fingerprint density at radius 1 is 1.12 bits per heavy atom. The Balaban J connectivity index is 1.47. The van der Waals surface area contributed by atoms with E-state index in [0.717, 1.165) is 36.8 Å². The van der Waals surface area contributed by atoms with Gasteiger partial charge in [0.25, 0.3) is 0 Å². The molecule has 1 aromatic heterocycles. The van der Waals surface area contributed by atoms with Crippen molar-refractivity contribution >= 4 is 11.5 Å². The molecule has 0 bridgehead atoms. The molecule has 0 radical (unpaired) electrons. The fraction of sp³-hybridized carbons (Fsp3) is 0.682. The number of nitrogens with one attached hydrogen (secondary N) is 1. The Morgan fingerprint density at radius 3 is 2.69 bits per heavy atom. The molecule has 0 saturated heterocycles. The first-order valence-corrected chi connectivity index (χ1v) is 10.3. The summed E-state index contributed by atoms with van der Waals surface area (Å²) >= 11 is 0. The number of aromatic nitrogens is 2. The first kappa shape index (κ1) is 16.6. The third kappa shape index (κ3) is 2.14. The average molecular weight is 354 g/mol. The van der Waals surface area contributed by atoms with Crippen molar-refractivity contribution in [3.63, 3.8) is 0 Å². The number of H-pyrrole nitrogens is 1. The molecule has 0 unspecified atom stereocenters. The molecule has 4 nitrogen and oxygen atoms in total. The lowest BCUT2D eigenvalue weighted by atomic mass is 9.47. The molecule has 26 heavy (non-hydrogen) atoms. The number of aromatic amines is 1. The summed E-state index contributed by atoms with van der Waals surface area (Å²) in [5, 5.41) is 10.1. The summed E-state index contributed by atoms with van der Waals surface area (Å²) in [5.74, 6) is 2.74. The number of nitrogens with two attached hydrogens (primary N) is 1. The van der Waals surface area contributed by atoms with Gasteiger partial charge in [0.05, 0.1) is 11.8 Å². The highest BCUT2D eigenvalue weighted by molar-refractivity contribution is 5.71. The summed E-state index contributed by atoms with van der Waals surface area (Å²) in [5.41, 5.74) is 10.4. The van der Waals surface area contributed by atoms with Crippen LogP contribution in [-0.2, 0) is 0 Å². The summed E-state index contributed by atoms with van der Waals surface area (Å²) in [6, 6.07) is 0. The molecule has 2 fully saturated rings. The topological polar surface area (TPSA) is 74.9 Å². The minimum absolute atomic E-state index is 0.121. The number of allylic oxidation sites excluding steroid dienone is 3. The van der Waals surface area contributed by atoms with Gasteiger partial charge in [-0.15, -0.1) is 0 Å². The molecular formula is C22H31N3O. The van der Waals surface area contributed by atoms with Gasteiger partial charge in [0.2, 0.25) is 0 Å². The maximum Gasteiger partial charge on any atom is 0.198 e. The van der Waals surface area contributed by atoms with Crippen molar-refractivity contribution in [3.05, 3.63) is 29.6 Å². The number of nitrogens with zero attached hydrogens (tertiary/aromatic N) is 1. The lowest BCUT2D eigenvalue weighted by Crippen LogP contribution is -2.49. The van der Waals surface area contributed by atoms with Gasteiger partial charge in [0, 0.05) is 6.20 Å². The number of imidazole rings is 1. The molecule has 0 aromatic carbocycles. The van der Waals surface area contributed by atoms with Crippen molar-refractivity contribution < 1.29 is 5.11 Å². The third-order valence-corrected chi connectivity index (χ3v) is 8.53. The highest BCUT2D eigenvalue weighted by Gasteiger charge is 2.56. The quantitative estimate of drug-likeness (QED) is 0.659. The van der Waals surface area contributed by atoms with Gasteiger partial charge < -0.3 is 15.8 Å². The van der Waals surface area contributed by atoms with E-state index in [1.54, 1.807) is 5.57 Å². The van der Waals surface area contributed by atoms with E-state index in [2.05, 4.69) is 36.0 Å². The van der Waals surface area contributed by atoms with Crippen LogP contribution in [0.1, 0.15) is 64.5 Å². The number of rotatable bonds is 1. The molecule has 4 heteroatoms. The second-order valence-electron chi connectivity index (χ2n) is 9.64. The van der Waals surface area contributed by atoms with E-state index < -0.39 is 0 Å². The lowest BCUT2D eigenvalue weighted by Gasteiger charge is -2.57. The highest BCUT2D eigenvalue weighted by Crippen LogP contribution is 2.66. The molecular weight excluding hydrogens is 322 g/mol. The fourth-order valence-corrected chi connectivity index (χ4v) is 7.08. The first-order valence-electron chi connectivity index (χ1n) is 10.3. The van der Waals surface area contributed by atoms with Crippen molar-refractivity contribution in [2.45, 2.75) is 64.9 Å². The number of hydrogen-bond acceptors (Lipinski definition) is 3. The van der Waals surface area contributed by atoms with Crippen molar-refractivity contribution in [1.82, 2.24) is 9.97 Å². The Bertz CT molecular complexity index is 793. The van der Waals surface area contributed by atoms with E-state index in [9.17, 15) is 5.11 Å². The van der Waals surface area contributed by atoms with Crippen LogP contribution in [-0.4, -0.2) is 21.2 Å². The Kier molecular flexibility index (Phi) is 3.50. The van der Waals surface area contributed by atoms with Crippen molar-refractivity contribution in [1.29, 1.82) is 0 Å². The van der Waals surface area contributed by atoms with Crippen molar-refractivity contribution in [3.8, 4) is 0 Å². The predicted molar refractivity (Wildman–Crippen MR) is 104 cm³/mol. The van der Waals surface area contributed by atoms with E-state index in [-0.39, 0.29) is 11.5 Å². The van der Waals surface area contributed by atoms with Crippen LogP contribution in [0.25, 0.3) is 5.57 Å². The van der Waals surface area contributed by atoms with Gasteiger partial charge in [-0.1, -0.05) is 31.6 Å². The summed E-state index contributed by atoms with van der Waals surface area (Å²) in [6.07, 6.45) is 14.7. The number of hydrogen-bond donors (Lipinski definition) is 3. The van der Waals surface area contributed by atoms with Crippen LogP contribution in [0.15, 0.2) is 23.9 Å². The minimum Gasteiger partial charge on any atom is -0.393 e. The van der Waals surface area contributed by atoms with Gasteiger partial charge in [-0.25, -0.2) is 4.98 Å². The summed E-state index contributed by atoms with van der Waals surface area (Å²) in [7, 11) is 0. The van der Waals surface area contributed by atoms with Crippen LogP contribution in [0.2, 0.25) is 0 Å². The first-order chi connectivity index (χ1) is 12.4. The number of anilines is 1. The fourth-order valence-electron chi connectivity index (χ4n) is 7.08. The molecule has 1 heterocycles. The Hall–Kier alpha value is -1.55. The lowest BCUT2D eigenvalue weighted by molar-refractivity contribution is -0.0238. The largest absolute Gasteiger partial charge is 0.393 e. The zero-order valence-electron chi connectivity index (χ0n) is 16.0. The second-order valence-corrected chi connectivity index (χ2v) is 9.64. The maximum absolute atomic E-state index is 10.1. The van der Waals surface area contributed by atoms with Crippen LogP contribution in [0.4, 0.5) is 5.95 Å². The summed E-state index contributed by atoms with van der Waals surface area (Å²) in [6.45, 7) is 4.95.